The number of carbonyl (C=O) groups is 3. The molecular weight excluding hydrogens is 662 g/mol. The van der Waals surface area contributed by atoms with Crippen molar-refractivity contribution < 1.29 is 38.1 Å². The standard InChI is InChI=1S/C42H51NO9/c1-23-24(2)36(43-37(46)29-8-6-7-9-30(29)38(43)47)39(52-34(23)22-49-25(3)44)51-28-14-17-40(4)27(20-28)11-12-33-32(40)15-18-41(5)31(16-19-42(33,41)48)26-10-13-35(45)50-21-26/h6-10,13,20-21,23-24,28,31-34,36,39,48H,11-12,14-19,22H2,1-5H3/t23-,24-,28-,31+,32?,33?,34?,36?,39+,40-,41+,42-/m0/s1. The van der Waals surface area contributed by atoms with Crippen molar-refractivity contribution in [3.05, 3.63) is 81.4 Å². The number of amides is 2. The van der Waals surface area contributed by atoms with Crippen LogP contribution < -0.4 is 5.63 Å². The zero-order chi connectivity index (χ0) is 36.7. The van der Waals surface area contributed by atoms with E-state index in [0.29, 0.717) is 17.0 Å². The average molecular weight is 714 g/mol. The summed E-state index contributed by atoms with van der Waals surface area (Å²) < 4.78 is 24.1. The fourth-order valence-electron chi connectivity index (χ4n) is 11.7. The van der Waals surface area contributed by atoms with Crippen molar-refractivity contribution in [2.45, 2.75) is 122 Å². The minimum absolute atomic E-state index is 0.0594. The molecule has 3 heterocycles. The number of benzene rings is 1. The Labute approximate surface area is 304 Å². The average Bonchev–Trinajstić information content (AvgIpc) is 3.54. The zero-order valence-electron chi connectivity index (χ0n) is 30.8. The zero-order valence-corrected chi connectivity index (χ0v) is 30.8. The lowest BCUT2D eigenvalue weighted by Gasteiger charge is -2.62. The molecule has 0 radical (unpaired) electrons. The third kappa shape index (κ3) is 5.29. The Morgan fingerprint density at radius 1 is 0.923 bits per heavy atom. The van der Waals surface area contributed by atoms with Crippen LogP contribution in [0.4, 0.5) is 0 Å². The summed E-state index contributed by atoms with van der Waals surface area (Å²) in [6.45, 7) is 10.1. The summed E-state index contributed by atoms with van der Waals surface area (Å²) >= 11 is 0. The number of hydrogen-bond donors (Lipinski definition) is 1. The van der Waals surface area contributed by atoms with Gasteiger partial charge in [-0.1, -0.05) is 51.5 Å². The van der Waals surface area contributed by atoms with E-state index in [0.717, 1.165) is 56.9 Å². The first-order valence-electron chi connectivity index (χ1n) is 19.2. The summed E-state index contributed by atoms with van der Waals surface area (Å²) in [5.41, 5.74) is 1.56. The van der Waals surface area contributed by atoms with Crippen molar-refractivity contribution in [2.24, 2.45) is 34.5 Å². The van der Waals surface area contributed by atoms with Gasteiger partial charge < -0.3 is 23.7 Å². The Bertz CT molecular complexity index is 1810. The number of ether oxygens (including phenoxy) is 3. The maximum absolute atomic E-state index is 13.8. The lowest BCUT2D eigenvalue weighted by molar-refractivity contribution is -0.264. The van der Waals surface area contributed by atoms with Crippen molar-refractivity contribution >= 4 is 17.8 Å². The quantitative estimate of drug-likeness (QED) is 0.205. The van der Waals surface area contributed by atoms with E-state index in [1.165, 1.54) is 23.5 Å². The minimum atomic E-state index is -0.912. The van der Waals surface area contributed by atoms with Gasteiger partial charge in [0.05, 0.1) is 41.2 Å². The molecule has 1 aromatic carbocycles. The van der Waals surface area contributed by atoms with Crippen LogP contribution in [0, 0.1) is 34.5 Å². The van der Waals surface area contributed by atoms with Crippen LogP contribution in [0.5, 0.6) is 0 Å². The third-order valence-corrected chi connectivity index (χ3v) is 14.8. The van der Waals surface area contributed by atoms with Crippen molar-refractivity contribution in [1.29, 1.82) is 0 Å². The fraction of sp³-hybridized carbons (Fsp3) is 0.619. The van der Waals surface area contributed by atoms with E-state index in [2.05, 4.69) is 19.9 Å². The predicted octanol–water partition coefficient (Wildman–Crippen LogP) is 6.41. The lowest BCUT2D eigenvalue weighted by Crippen LogP contribution is -2.61. The van der Waals surface area contributed by atoms with Gasteiger partial charge in [-0.25, -0.2) is 4.79 Å². The fourth-order valence-corrected chi connectivity index (χ4v) is 11.7. The summed E-state index contributed by atoms with van der Waals surface area (Å²) in [4.78, 5) is 52.4. The molecular formula is C42H51NO9. The summed E-state index contributed by atoms with van der Waals surface area (Å²) in [6, 6.07) is 9.59. The number of allylic oxidation sites excluding steroid dienone is 1. The van der Waals surface area contributed by atoms with Crippen LogP contribution >= 0.6 is 0 Å². The molecule has 2 amide bonds. The Hall–Kier alpha value is -3.60. The normalized spacial score (nSPS) is 41.1. The van der Waals surface area contributed by atoms with Crippen molar-refractivity contribution in [1.82, 2.24) is 4.90 Å². The molecule has 10 nitrogen and oxygen atoms in total. The number of hydrogen-bond acceptors (Lipinski definition) is 9. The Morgan fingerprint density at radius 2 is 1.65 bits per heavy atom. The SMILES string of the molecule is CC(=O)OCC1O[C@@H](O[C@@H]2C=C3CCC4C(CC[C@]5(C)[C@@H](c6ccc(=O)oc6)CC[C@]45O)[C@@]3(C)CC2)C(N2C(=O)c3ccccc3C2=O)[C@@H](C)[C@@H]1C. The number of rotatable bonds is 6. The Morgan fingerprint density at radius 3 is 2.33 bits per heavy atom. The first kappa shape index (κ1) is 35.4. The summed E-state index contributed by atoms with van der Waals surface area (Å²) in [5.74, 6) is -0.793. The van der Waals surface area contributed by atoms with E-state index in [1.54, 1.807) is 30.5 Å². The van der Waals surface area contributed by atoms with Gasteiger partial charge in [0.2, 0.25) is 0 Å². The van der Waals surface area contributed by atoms with Gasteiger partial charge in [0.1, 0.15) is 6.61 Å². The molecule has 8 rings (SSSR count). The van der Waals surface area contributed by atoms with Crippen LogP contribution in [0.15, 0.2) is 63.5 Å². The summed E-state index contributed by atoms with van der Waals surface area (Å²) in [7, 11) is 0. The highest BCUT2D eigenvalue weighted by atomic mass is 16.7. The van der Waals surface area contributed by atoms with Crippen LogP contribution in [-0.4, -0.2) is 64.5 Å². The number of aliphatic hydroxyl groups is 1. The van der Waals surface area contributed by atoms with E-state index >= 15 is 0 Å². The van der Waals surface area contributed by atoms with Crippen LogP contribution in [0.2, 0.25) is 0 Å². The maximum atomic E-state index is 13.8. The molecule has 4 unspecified atom stereocenters. The summed E-state index contributed by atoms with van der Waals surface area (Å²) in [5, 5.41) is 12.7. The predicted molar refractivity (Wildman–Crippen MR) is 190 cm³/mol. The molecule has 4 fully saturated rings. The molecule has 0 spiro atoms. The van der Waals surface area contributed by atoms with E-state index in [1.807, 2.05) is 19.9 Å². The molecule has 2 aliphatic heterocycles. The number of nitrogens with zero attached hydrogens (tertiary/aromatic N) is 1. The molecule has 6 aliphatic rings. The molecule has 12 atom stereocenters. The largest absolute Gasteiger partial charge is 0.463 e. The first-order chi connectivity index (χ1) is 24.8. The van der Waals surface area contributed by atoms with Gasteiger partial charge in [-0.05, 0) is 110 Å². The van der Waals surface area contributed by atoms with Gasteiger partial charge in [-0.3, -0.25) is 19.3 Å². The van der Waals surface area contributed by atoms with Gasteiger partial charge in [0, 0.05) is 18.4 Å². The Kier molecular flexibility index (Phi) is 8.70. The molecule has 1 aromatic heterocycles. The van der Waals surface area contributed by atoms with Crippen LogP contribution in [0.25, 0.3) is 0 Å². The van der Waals surface area contributed by atoms with Crippen LogP contribution in [0.1, 0.15) is 118 Å². The molecule has 1 N–H and O–H groups in total. The van der Waals surface area contributed by atoms with E-state index in [-0.39, 0.29) is 64.7 Å². The van der Waals surface area contributed by atoms with E-state index in [9.17, 15) is 24.3 Å². The summed E-state index contributed by atoms with van der Waals surface area (Å²) in [6.07, 6.45) is 9.05. The van der Waals surface area contributed by atoms with Gasteiger partial charge in [-0.2, -0.15) is 0 Å². The smallest absolute Gasteiger partial charge is 0.335 e. The lowest BCUT2D eigenvalue weighted by atomic mass is 9.45. The highest BCUT2D eigenvalue weighted by Gasteiger charge is 2.67. The maximum Gasteiger partial charge on any atom is 0.335 e. The minimum Gasteiger partial charge on any atom is -0.463 e. The monoisotopic (exact) mass is 713 g/mol. The topological polar surface area (TPSA) is 133 Å². The van der Waals surface area contributed by atoms with Crippen LogP contribution in [0.3, 0.4) is 0 Å². The highest BCUT2D eigenvalue weighted by molar-refractivity contribution is 6.21. The second kappa shape index (κ2) is 12.8. The Balaban J connectivity index is 1.05. The van der Waals surface area contributed by atoms with E-state index in [4.69, 9.17) is 18.6 Å². The molecule has 4 aliphatic carbocycles. The molecule has 278 valence electrons. The van der Waals surface area contributed by atoms with Gasteiger partial charge >= 0.3 is 11.6 Å². The van der Waals surface area contributed by atoms with E-state index < -0.39 is 30.0 Å². The second-order valence-electron chi connectivity index (χ2n) is 17.0. The first-order valence-corrected chi connectivity index (χ1v) is 19.2. The third-order valence-electron chi connectivity index (χ3n) is 14.8. The second-order valence-corrected chi connectivity index (χ2v) is 17.0. The van der Waals surface area contributed by atoms with Crippen molar-refractivity contribution in [3.8, 4) is 0 Å². The number of imide groups is 1. The molecule has 52 heavy (non-hydrogen) atoms. The van der Waals surface area contributed by atoms with Gasteiger partial charge in [0.15, 0.2) is 6.29 Å². The number of esters is 1. The molecule has 0 bridgehead atoms. The van der Waals surface area contributed by atoms with Gasteiger partial charge in [0.25, 0.3) is 11.8 Å². The van der Waals surface area contributed by atoms with Crippen molar-refractivity contribution in [2.75, 3.05) is 6.61 Å². The molecule has 2 aromatic rings. The van der Waals surface area contributed by atoms with Crippen LogP contribution in [-0.2, 0) is 19.0 Å². The molecule has 10 heteroatoms. The molecule has 1 saturated heterocycles. The number of fused-ring (bicyclic) bond motifs is 6. The van der Waals surface area contributed by atoms with Crippen molar-refractivity contribution in [3.63, 3.8) is 0 Å². The van der Waals surface area contributed by atoms with Gasteiger partial charge in [-0.15, -0.1) is 0 Å². The highest BCUT2D eigenvalue weighted by Crippen LogP contribution is 2.70. The number of carbonyl (C=O) groups excluding carboxylic acids is 3. The molecule has 3 saturated carbocycles.